The van der Waals surface area contributed by atoms with E-state index in [-0.39, 0.29) is 20.4 Å². The SMILES string of the molecule is CCCCCCCCCCCCCCCCCCCCCCCCCCCCC#CC(=N\c1ccc(CCCC)c(CCCC)c1)/C(CCCC)=N/c1ccc(CCCC)c(CCCC)c1.[Pd]. The summed E-state index contributed by atoms with van der Waals surface area (Å²) >= 11 is 0. The fourth-order valence-corrected chi connectivity index (χ4v) is 9.48. The summed E-state index contributed by atoms with van der Waals surface area (Å²) in [7, 11) is 0. The largest absolute Gasteiger partial charge is 0.251 e. The van der Waals surface area contributed by atoms with Crippen LogP contribution in [0.25, 0.3) is 0 Å². The van der Waals surface area contributed by atoms with Crippen molar-refractivity contribution in [2.24, 2.45) is 9.98 Å². The van der Waals surface area contributed by atoms with Gasteiger partial charge in [-0.3, -0.25) is 4.99 Å². The van der Waals surface area contributed by atoms with Gasteiger partial charge in [-0.2, -0.15) is 0 Å². The average molecular weight is 1010 g/mol. The van der Waals surface area contributed by atoms with Crippen LogP contribution >= 0.6 is 0 Å². The van der Waals surface area contributed by atoms with E-state index in [4.69, 9.17) is 9.98 Å². The van der Waals surface area contributed by atoms with Gasteiger partial charge in [0.2, 0.25) is 0 Å². The van der Waals surface area contributed by atoms with Crippen LogP contribution in [-0.4, -0.2) is 11.4 Å². The molecule has 0 heterocycles. The van der Waals surface area contributed by atoms with Crippen molar-refractivity contribution >= 4 is 22.8 Å². The molecule has 0 aliphatic rings. The molecule has 0 unspecified atom stereocenters. The Morgan fingerprint density at radius 3 is 1.01 bits per heavy atom. The van der Waals surface area contributed by atoms with E-state index in [1.807, 2.05) is 0 Å². The molecule has 2 aromatic rings. The minimum Gasteiger partial charge on any atom is -0.251 e. The summed E-state index contributed by atoms with van der Waals surface area (Å²) in [6, 6.07) is 14.0. The van der Waals surface area contributed by atoms with Crippen molar-refractivity contribution in [1.82, 2.24) is 0 Å². The van der Waals surface area contributed by atoms with Gasteiger partial charge < -0.3 is 0 Å². The van der Waals surface area contributed by atoms with E-state index in [0.29, 0.717) is 0 Å². The van der Waals surface area contributed by atoms with Gasteiger partial charge in [-0.1, -0.05) is 252 Å². The molecule has 0 N–H and O–H groups in total. The van der Waals surface area contributed by atoms with Crippen molar-refractivity contribution in [1.29, 1.82) is 0 Å². The van der Waals surface area contributed by atoms with Gasteiger partial charge in [0.25, 0.3) is 0 Å². The van der Waals surface area contributed by atoms with Gasteiger partial charge in [-0.05, 0) is 123 Å². The zero-order valence-corrected chi connectivity index (χ0v) is 46.9. The van der Waals surface area contributed by atoms with Crippen LogP contribution in [0, 0.1) is 11.8 Å². The van der Waals surface area contributed by atoms with Crippen molar-refractivity contribution < 1.29 is 20.4 Å². The van der Waals surface area contributed by atoms with Crippen LogP contribution in [0.5, 0.6) is 0 Å². The topological polar surface area (TPSA) is 24.7 Å². The Morgan fingerprint density at radius 2 is 0.657 bits per heavy atom. The van der Waals surface area contributed by atoms with Gasteiger partial charge in [0, 0.05) is 26.8 Å². The van der Waals surface area contributed by atoms with Crippen LogP contribution in [0.4, 0.5) is 11.4 Å². The molecule has 0 bridgehead atoms. The average Bonchev–Trinajstić information content (AvgIpc) is 3.33. The summed E-state index contributed by atoms with van der Waals surface area (Å²) < 4.78 is 0. The molecule has 0 saturated carbocycles. The first-order valence-electron chi connectivity index (χ1n) is 29.5. The van der Waals surface area contributed by atoms with Crippen molar-refractivity contribution in [3.8, 4) is 11.8 Å². The number of benzene rings is 2. The van der Waals surface area contributed by atoms with E-state index >= 15 is 0 Å². The van der Waals surface area contributed by atoms with E-state index in [9.17, 15) is 0 Å². The Labute approximate surface area is 432 Å². The Bertz CT molecular complexity index is 1560. The number of aliphatic imine (C=N–C) groups is 2. The van der Waals surface area contributed by atoms with Gasteiger partial charge in [0.15, 0.2) is 0 Å². The van der Waals surface area contributed by atoms with Gasteiger partial charge in [0.1, 0.15) is 5.71 Å². The van der Waals surface area contributed by atoms with Gasteiger partial charge in [-0.15, -0.1) is 0 Å². The molecule has 3 heteroatoms. The molecule has 0 radical (unpaired) electrons. The smallest absolute Gasteiger partial charge is 0.135 e. The first-order chi connectivity index (χ1) is 32.6. The maximum Gasteiger partial charge on any atom is 0.135 e. The minimum atomic E-state index is 0. The van der Waals surface area contributed by atoms with Crippen LogP contribution in [0.15, 0.2) is 46.4 Å². The summed E-state index contributed by atoms with van der Waals surface area (Å²) in [6.07, 6.45) is 55.6. The maximum absolute atomic E-state index is 5.41. The van der Waals surface area contributed by atoms with E-state index in [2.05, 4.69) is 89.8 Å². The second kappa shape index (κ2) is 46.4. The second-order valence-corrected chi connectivity index (χ2v) is 20.3. The molecule has 0 aromatic heterocycles. The molecule has 2 rings (SSSR count). The standard InChI is InChI=1S/C64H108N2.Pd/c1-7-13-19-20-21-22-23-24-25-26-27-28-29-30-31-32-33-34-35-36-37-38-39-40-41-42-43-44-50-64(66-62-54-52-58(46-15-9-3)60(56-62)48-17-11-5)63(49-18-12-6)65-61-53-51-57(45-14-8-2)59(55-61)47-16-10-4;/h51-56H,7-43,45-49H2,1-6H3;/b65-63+,66-64+;. The third-order valence-corrected chi connectivity index (χ3v) is 14.0. The fourth-order valence-electron chi connectivity index (χ4n) is 9.48. The van der Waals surface area contributed by atoms with Gasteiger partial charge in [-0.25, -0.2) is 4.99 Å². The number of aryl methyl sites for hydroxylation is 4. The summed E-state index contributed by atoms with van der Waals surface area (Å²) in [4.78, 5) is 10.8. The van der Waals surface area contributed by atoms with Crippen LogP contribution in [0.2, 0.25) is 0 Å². The van der Waals surface area contributed by atoms with Crippen LogP contribution in [-0.2, 0) is 46.1 Å². The van der Waals surface area contributed by atoms with Crippen molar-refractivity contribution in [3.05, 3.63) is 58.7 Å². The Kier molecular flexibility index (Phi) is 43.6. The Balaban J connectivity index is 0.0000224. The number of hydrogen-bond donors (Lipinski definition) is 0. The molecule has 0 spiro atoms. The maximum atomic E-state index is 5.41. The molecule has 0 amide bonds. The van der Waals surface area contributed by atoms with Gasteiger partial charge in [0.05, 0.1) is 17.1 Å². The molecular formula is C64H108N2Pd. The van der Waals surface area contributed by atoms with Crippen LogP contribution < -0.4 is 0 Å². The molecule has 0 saturated heterocycles. The number of hydrogen-bond acceptors (Lipinski definition) is 2. The summed E-state index contributed by atoms with van der Waals surface area (Å²) in [5, 5.41) is 0. The van der Waals surface area contributed by atoms with Crippen molar-refractivity contribution in [2.75, 3.05) is 0 Å². The number of rotatable bonds is 44. The van der Waals surface area contributed by atoms with E-state index in [1.54, 1.807) is 0 Å². The number of unbranched alkanes of at least 4 members (excludes halogenated alkanes) is 31. The molecule has 0 fully saturated rings. The zero-order chi connectivity index (χ0) is 47.4. The molecule has 0 aliphatic carbocycles. The van der Waals surface area contributed by atoms with Crippen LogP contribution in [0.3, 0.4) is 0 Å². The molecule has 0 aliphatic heterocycles. The van der Waals surface area contributed by atoms with Crippen molar-refractivity contribution in [3.63, 3.8) is 0 Å². The van der Waals surface area contributed by atoms with Gasteiger partial charge >= 0.3 is 0 Å². The normalized spacial score (nSPS) is 11.8. The summed E-state index contributed by atoms with van der Waals surface area (Å²) in [5.74, 6) is 7.25. The minimum absolute atomic E-state index is 0. The van der Waals surface area contributed by atoms with E-state index < -0.39 is 0 Å². The predicted octanol–water partition coefficient (Wildman–Crippen LogP) is 21.6. The van der Waals surface area contributed by atoms with Crippen LogP contribution in [0.1, 0.15) is 308 Å². The zero-order valence-electron chi connectivity index (χ0n) is 45.4. The quantitative estimate of drug-likeness (QED) is 0.0274. The molecule has 2 aromatic carbocycles. The van der Waals surface area contributed by atoms with Crippen molar-refractivity contribution in [2.45, 2.75) is 311 Å². The second-order valence-electron chi connectivity index (χ2n) is 20.3. The number of nitrogens with zero attached hydrogens (tertiary/aromatic N) is 2. The first kappa shape index (κ1) is 63.0. The molecule has 384 valence electrons. The summed E-state index contributed by atoms with van der Waals surface area (Å²) in [5.41, 5.74) is 10.00. The first-order valence-corrected chi connectivity index (χ1v) is 29.5. The van der Waals surface area contributed by atoms with E-state index in [1.165, 1.54) is 241 Å². The molecular weight excluding hydrogens is 903 g/mol. The third-order valence-electron chi connectivity index (χ3n) is 14.0. The molecule has 2 nitrogen and oxygen atoms in total. The monoisotopic (exact) mass is 1010 g/mol. The fraction of sp³-hybridized carbons (Fsp3) is 0.750. The molecule has 67 heavy (non-hydrogen) atoms. The Morgan fingerprint density at radius 1 is 0.343 bits per heavy atom. The van der Waals surface area contributed by atoms with E-state index in [0.717, 1.165) is 74.2 Å². The molecule has 0 atom stereocenters. The Hall–Kier alpha value is -2.00. The predicted molar refractivity (Wildman–Crippen MR) is 299 cm³/mol. The summed E-state index contributed by atoms with van der Waals surface area (Å²) in [6.45, 7) is 13.8. The third kappa shape index (κ3) is 33.3.